The molecule has 1 atom stereocenters. The molecule has 1 aromatic rings. The monoisotopic (exact) mass is 289 g/mol. The van der Waals surface area contributed by atoms with Crippen LogP contribution in [0.25, 0.3) is 0 Å². The molecule has 1 aliphatic carbocycles. The number of hydrogen-bond donors (Lipinski definition) is 2. The van der Waals surface area contributed by atoms with Crippen molar-refractivity contribution < 1.29 is 5.21 Å². The van der Waals surface area contributed by atoms with Crippen LogP contribution < -0.4 is 5.73 Å². The molecule has 0 fully saturated rings. The normalized spacial score (nSPS) is 19.0. The number of aryl methyl sites for hydroxylation is 1. The van der Waals surface area contributed by atoms with Crippen molar-refractivity contribution >= 4 is 5.84 Å². The van der Waals surface area contributed by atoms with Crippen LogP contribution in [0.4, 0.5) is 0 Å². The van der Waals surface area contributed by atoms with E-state index in [0.717, 1.165) is 13.1 Å². The molecule has 4 heteroatoms. The van der Waals surface area contributed by atoms with Crippen molar-refractivity contribution in [2.75, 3.05) is 13.1 Å². The van der Waals surface area contributed by atoms with Crippen LogP contribution in [0.1, 0.15) is 50.2 Å². The van der Waals surface area contributed by atoms with E-state index < -0.39 is 0 Å². The first kappa shape index (κ1) is 15.8. The molecule has 0 heterocycles. The van der Waals surface area contributed by atoms with Crippen molar-refractivity contribution in [1.82, 2.24) is 4.90 Å². The van der Waals surface area contributed by atoms with Gasteiger partial charge in [0.05, 0.1) is 0 Å². The number of amidine groups is 1. The van der Waals surface area contributed by atoms with Gasteiger partial charge in [-0.1, -0.05) is 29.4 Å². The molecule has 4 nitrogen and oxygen atoms in total. The van der Waals surface area contributed by atoms with Gasteiger partial charge in [0.2, 0.25) is 0 Å². The summed E-state index contributed by atoms with van der Waals surface area (Å²) in [5.41, 5.74) is 8.62. The molecule has 0 aromatic heterocycles. The Balaban J connectivity index is 2.04. The zero-order chi connectivity index (χ0) is 15.2. The Morgan fingerprint density at radius 1 is 1.43 bits per heavy atom. The number of fused-ring (bicyclic) bond motifs is 1. The Kier molecular flexibility index (Phi) is 5.62. The fourth-order valence-corrected chi connectivity index (χ4v) is 3.20. The minimum atomic E-state index is 0.310. The first-order valence-corrected chi connectivity index (χ1v) is 7.90. The van der Waals surface area contributed by atoms with Crippen molar-refractivity contribution in [3.63, 3.8) is 0 Å². The largest absolute Gasteiger partial charge is 0.409 e. The van der Waals surface area contributed by atoms with Gasteiger partial charge in [0, 0.05) is 25.6 Å². The first-order chi connectivity index (χ1) is 10.1. The number of nitrogens with two attached hydrogens (primary N) is 1. The van der Waals surface area contributed by atoms with Crippen LogP contribution in [0.3, 0.4) is 0 Å². The average Bonchev–Trinajstić information content (AvgIpc) is 2.50. The third-order valence-corrected chi connectivity index (χ3v) is 4.46. The molecule has 0 amide bonds. The van der Waals surface area contributed by atoms with Gasteiger partial charge in [0.1, 0.15) is 5.84 Å². The van der Waals surface area contributed by atoms with Crippen LogP contribution in [-0.4, -0.2) is 35.1 Å². The van der Waals surface area contributed by atoms with Crippen LogP contribution in [0.15, 0.2) is 29.4 Å². The number of benzene rings is 1. The molecular weight excluding hydrogens is 262 g/mol. The van der Waals surface area contributed by atoms with Gasteiger partial charge >= 0.3 is 0 Å². The SMILES string of the molecule is CC(C)N(CCC(N)=NO)CC1CCCc2ccccc21. The van der Waals surface area contributed by atoms with Crippen LogP contribution >= 0.6 is 0 Å². The molecule has 0 saturated heterocycles. The smallest absolute Gasteiger partial charge is 0.140 e. The van der Waals surface area contributed by atoms with E-state index >= 15 is 0 Å². The molecule has 0 aliphatic heterocycles. The molecule has 3 N–H and O–H groups in total. The summed E-state index contributed by atoms with van der Waals surface area (Å²) >= 11 is 0. The van der Waals surface area contributed by atoms with Gasteiger partial charge in [-0.25, -0.2) is 0 Å². The third kappa shape index (κ3) is 4.21. The van der Waals surface area contributed by atoms with Gasteiger partial charge in [0.25, 0.3) is 0 Å². The Hall–Kier alpha value is -1.55. The lowest BCUT2D eigenvalue weighted by Crippen LogP contribution is -2.37. The second kappa shape index (κ2) is 7.46. The van der Waals surface area contributed by atoms with Crippen LogP contribution in [0.5, 0.6) is 0 Å². The number of nitrogens with zero attached hydrogens (tertiary/aromatic N) is 2. The standard InChI is InChI=1S/C17H27N3O/c1-13(2)20(11-10-17(18)19-21)12-15-8-5-7-14-6-3-4-9-16(14)15/h3-4,6,9,13,15,21H,5,7-8,10-12H2,1-2H3,(H2,18,19). The molecule has 0 saturated carbocycles. The molecular formula is C17H27N3O. The summed E-state index contributed by atoms with van der Waals surface area (Å²) in [5, 5.41) is 11.8. The Labute approximate surface area is 127 Å². The lowest BCUT2D eigenvalue weighted by molar-refractivity contribution is 0.206. The molecule has 0 bridgehead atoms. The molecule has 21 heavy (non-hydrogen) atoms. The van der Waals surface area contributed by atoms with Gasteiger partial charge in [-0.2, -0.15) is 0 Å². The van der Waals surface area contributed by atoms with E-state index in [-0.39, 0.29) is 0 Å². The van der Waals surface area contributed by atoms with Crippen molar-refractivity contribution in [2.45, 2.75) is 51.5 Å². The Morgan fingerprint density at radius 2 is 2.19 bits per heavy atom. The highest BCUT2D eigenvalue weighted by atomic mass is 16.4. The second-order valence-corrected chi connectivity index (χ2v) is 6.22. The van der Waals surface area contributed by atoms with E-state index in [0.29, 0.717) is 24.2 Å². The predicted molar refractivity (Wildman–Crippen MR) is 86.9 cm³/mol. The van der Waals surface area contributed by atoms with Crippen molar-refractivity contribution in [1.29, 1.82) is 0 Å². The second-order valence-electron chi connectivity index (χ2n) is 6.22. The number of hydrogen-bond acceptors (Lipinski definition) is 3. The maximum atomic E-state index is 8.68. The summed E-state index contributed by atoms with van der Waals surface area (Å²) in [6.45, 7) is 6.31. The molecule has 2 rings (SSSR count). The highest BCUT2D eigenvalue weighted by molar-refractivity contribution is 5.79. The maximum absolute atomic E-state index is 8.68. The number of oxime groups is 1. The molecule has 0 spiro atoms. The molecule has 116 valence electrons. The van der Waals surface area contributed by atoms with E-state index in [1.807, 2.05) is 0 Å². The van der Waals surface area contributed by atoms with Crippen LogP contribution in [0.2, 0.25) is 0 Å². The zero-order valence-electron chi connectivity index (χ0n) is 13.1. The highest BCUT2D eigenvalue weighted by Crippen LogP contribution is 2.32. The van der Waals surface area contributed by atoms with Gasteiger partial charge < -0.3 is 10.9 Å². The fraction of sp³-hybridized carbons (Fsp3) is 0.588. The molecule has 1 aliphatic rings. The zero-order valence-corrected chi connectivity index (χ0v) is 13.1. The molecule has 1 unspecified atom stereocenters. The van der Waals surface area contributed by atoms with Gasteiger partial charge in [-0.3, -0.25) is 4.90 Å². The lowest BCUT2D eigenvalue weighted by Gasteiger charge is -2.33. The van der Waals surface area contributed by atoms with Crippen LogP contribution in [-0.2, 0) is 6.42 Å². The summed E-state index contributed by atoms with van der Waals surface area (Å²) in [7, 11) is 0. The fourth-order valence-electron chi connectivity index (χ4n) is 3.20. The Bertz CT molecular complexity index is 485. The molecule has 1 aromatic carbocycles. The first-order valence-electron chi connectivity index (χ1n) is 7.90. The van der Waals surface area contributed by atoms with Gasteiger partial charge in [-0.15, -0.1) is 0 Å². The van der Waals surface area contributed by atoms with E-state index in [1.165, 1.54) is 30.4 Å². The lowest BCUT2D eigenvalue weighted by atomic mass is 9.82. The van der Waals surface area contributed by atoms with E-state index in [4.69, 9.17) is 10.9 Å². The summed E-state index contributed by atoms with van der Waals surface area (Å²) in [4.78, 5) is 2.44. The highest BCUT2D eigenvalue weighted by Gasteiger charge is 2.23. The number of rotatable bonds is 6. The van der Waals surface area contributed by atoms with E-state index in [9.17, 15) is 0 Å². The van der Waals surface area contributed by atoms with Gasteiger partial charge in [0.15, 0.2) is 0 Å². The third-order valence-electron chi connectivity index (χ3n) is 4.46. The van der Waals surface area contributed by atoms with Crippen LogP contribution in [0, 0.1) is 0 Å². The van der Waals surface area contributed by atoms with Crippen molar-refractivity contribution in [3.8, 4) is 0 Å². The minimum Gasteiger partial charge on any atom is -0.409 e. The van der Waals surface area contributed by atoms with Crippen molar-refractivity contribution in [3.05, 3.63) is 35.4 Å². The van der Waals surface area contributed by atoms with E-state index in [1.54, 1.807) is 0 Å². The summed E-state index contributed by atoms with van der Waals surface area (Å²) in [6.07, 6.45) is 4.35. The molecule has 0 radical (unpaired) electrons. The average molecular weight is 289 g/mol. The van der Waals surface area contributed by atoms with Crippen molar-refractivity contribution in [2.24, 2.45) is 10.9 Å². The van der Waals surface area contributed by atoms with E-state index in [2.05, 4.69) is 48.2 Å². The quantitative estimate of drug-likeness (QED) is 0.366. The summed E-state index contributed by atoms with van der Waals surface area (Å²) in [6, 6.07) is 9.29. The Morgan fingerprint density at radius 3 is 2.90 bits per heavy atom. The maximum Gasteiger partial charge on any atom is 0.140 e. The topological polar surface area (TPSA) is 61.8 Å². The van der Waals surface area contributed by atoms with Gasteiger partial charge in [-0.05, 0) is 50.2 Å². The summed E-state index contributed by atoms with van der Waals surface area (Å²) < 4.78 is 0. The summed E-state index contributed by atoms with van der Waals surface area (Å²) in [5.74, 6) is 0.911. The predicted octanol–water partition coefficient (Wildman–Crippen LogP) is 2.95. The minimum absolute atomic E-state index is 0.310.